The molecule has 9 nitrogen and oxygen atoms in total. The molecule has 2 fully saturated rings. The predicted octanol–water partition coefficient (Wildman–Crippen LogP) is 1.09. The van der Waals surface area contributed by atoms with E-state index in [0.717, 1.165) is 68.2 Å². The molecule has 0 aromatic rings. The molecule has 0 unspecified atom stereocenters. The van der Waals surface area contributed by atoms with Crippen LogP contribution in [0.1, 0.15) is 45.4 Å². The number of aliphatic imine (C=N–C) groups is 2. The lowest BCUT2D eigenvalue weighted by Gasteiger charge is -2.30. The zero-order chi connectivity index (χ0) is 22.4. The Morgan fingerprint density at radius 2 is 2.00 bits per heavy atom. The summed E-state index contributed by atoms with van der Waals surface area (Å²) < 4.78 is 5.23. The smallest absolute Gasteiger partial charge is 0.125 e. The molecule has 5 N–H and O–H groups in total. The van der Waals surface area contributed by atoms with Gasteiger partial charge in [0.2, 0.25) is 0 Å². The van der Waals surface area contributed by atoms with Crippen molar-refractivity contribution in [2.75, 3.05) is 33.6 Å². The fourth-order valence-electron chi connectivity index (χ4n) is 4.46. The summed E-state index contributed by atoms with van der Waals surface area (Å²) in [5.74, 6) is 1.76. The third-order valence-corrected chi connectivity index (χ3v) is 6.57. The van der Waals surface area contributed by atoms with Crippen molar-refractivity contribution in [3.63, 3.8) is 0 Å². The lowest BCUT2D eigenvalue weighted by molar-refractivity contribution is 0.161. The lowest BCUT2D eigenvalue weighted by Crippen LogP contribution is -2.43. The molecule has 0 radical (unpaired) electrons. The van der Waals surface area contributed by atoms with Crippen LogP contribution in [0.25, 0.3) is 0 Å². The number of methoxy groups -OCH3 is 1. The highest BCUT2D eigenvalue weighted by Gasteiger charge is 2.43. The minimum atomic E-state index is -0.191. The van der Waals surface area contributed by atoms with Crippen molar-refractivity contribution in [3.8, 4) is 6.07 Å². The van der Waals surface area contributed by atoms with Gasteiger partial charge in [-0.15, -0.1) is 0 Å². The third-order valence-electron chi connectivity index (χ3n) is 6.57. The highest BCUT2D eigenvalue weighted by Crippen LogP contribution is 2.44. The summed E-state index contributed by atoms with van der Waals surface area (Å²) in [6.45, 7) is 4.75. The molecule has 0 bridgehead atoms. The molecule has 0 aromatic carbocycles. The maximum Gasteiger partial charge on any atom is 0.125 e. The fourth-order valence-corrected chi connectivity index (χ4v) is 4.46. The van der Waals surface area contributed by atoms with Gasteiger partial charge in [-0.1, -0.05) is 0 Å². The van der Waals surface area contributed by atoms with Crippen molar-refractivity contribution in [3.05, 3.63) is 23.5 Å². The van der Waals surface area contributed by atoms with Gasteiger partial charge < -0.3 is 31.3 Å². The highest BCUT2D eigenvalue weighted by atomic mass is 16.5. The average Bonchev–Trinajstić information content (AvgIpc) is 3.60. The minimum absolute atomic E-state index is 0.191. The van der Waals surface area contributed by atoms with Crippen LogP contribution >= 0.6 is 0 Å². The molecule has 0 saturated heterocycles. The van der Waals surface area contributed by atoms with Gasteiger partial charge in [0.1, 0.15) is 18.3 Å². The number of hydrogen-bond donors (Lipinski definition) is 5. The van der Waals surface area contributed by atoms with E-state index in [4.69, 9.17) is 9.73 Å². The number of nitriles is 1. The summed E-state index contributed by atoms with van der Waals surface area (Å²) in [5, 5.41) is 26.4. The Hall–Kier alpha value is -2.57. The van der Waals surface area contributed by atoms with Gasteiger partial charge in [-0.2, -0.15) is 5.26 Å². The number of nitrogens with one attached hydrogen (secondary N) is 5. The first kappa shape index (κ1) is 22.6. The van der Waals surface area contributed by atoms with Crippen molar-refractivity contribution in [1.82, 2.24) is 26.6 Å². The van der Waals surface area contributed by atoms with Gasteiger partial charge in [0.25, 0.3) is 0 Å². The van der Waals surface area contributed by atoms with Crippen LogP contribution in [0.15, 0.2) is 33.5 Å². The van der Waals surface area contributed by atoms with Crippen LogP contribution < -0.4 is 26.6 Å². The van der Waals surface area contributed by atoms with Crippen molar-refractivity contribution < 1.29 is 4.74 Å². The minimum Gasteiger partial charge on any atom is -0.383 e. The van der Waals surface area contributed by atoms with Crippen LogP contribution in [0.2, 0.25) is 0 Å². The van der Waals surface area contributed by atoms with Crippen molar-refractivity contribution in [2.24, 2.45) is 15.4 Å². The van der Waals surface area contributed by atoms with Gasteiger partial charge in [-0.25, -0.2) is 4.99 Å². The maximum atomic E-state index is 9.27. The summed E-state index contributed by atoms with van der Waals surface area (Å²) in [7, 11) is 1.75. The molecule has 2 saturated carbocycles. The molecule has 0 amide bonds. The molecule has 2 aliphatic carbocycles. The van der Waals surface area contributed by atoms with E-state index in [9.17, 15) is 5.26 Å². The predicted molar refractivity (Wildman–Crippen MR) is 126 cm³/mol. The Morgan fingerprint density at radius 3 is 2.72 bits per heavy atom. The first-order valence-electron chi connectivity index (χ1n) is 11.8. The van der Waals surface area contributed by atoms with Crippen LogP contribution in [0.4, 0.5) is 0 Å². The first-order valence-corrected chi connectivity index (χ1v) is 11.8. The van der Waals surface area contributed by atoms with Crippen LogP contribution in [0, 0.1) is 16.7 Å². The van der Waals surface area contributed by atoms with E-state index in [2.05, 4.69) is 50.6 Å². The molecule has 174 valence electrons. The van der Waals surface area contributed by atoms with Crippen LogP contribution in [-0.4, -0.2) is 63.4 Å². The molecule has 32 heavy (non-hydrogen) atoms. The number of hydrogen-bond acceptors (Lipinski definition) is 8. The monoisotopic (exact) mass is 440 g/mol. The van der Waals surface area contributed by atoms with Gasteiger partial charge in [0.05, 0.1) is 42.2 Å². The number of rotatable bonds is 8. The van der Waals surface area contributed by atoms with Gasteiger partial charge in [-0.05, 0) is 45.4 Å². The second-order valence-corrected chi connectivity index (χ2v) is 9.31. The molecule has 4 rings (SSSR count). The second kappa shape index (κ2) is 10.4. The maximum absolute atomic E-state index is 9.27. The van der Waals surface area contributed by atoms with E-state index in [1.807, 2.05) is 6.08 Å². The summed E-state index contributed by atoms with van der Waals surface area (Å²) >= 11 is 0. The van der Waals surface area contributed by atoms with E-state index in [-0.39, 0.29) is 5.41 Å². The van der Waals surface area contributed by atoms with Crippen LogP contribution in [0.5, 0.6) is 0 Å². The quantitative estimate of drug-likeness (QED) is 0.383. The molecule has 2 heterocycles. The Kier molecular flexibility index (Phi) is 7.33. The molecule has 9 heteroatoms. The molecule has 2 aliphatic heterocycles. The van der Waals surface area contributed by atoms with Crippen molar-refractivity contribution in [2.45, 2.75) is 63.6 Å². The standard InChI is InChI=1S/C23H36N8O/c1-16(11-32-2)30-17-3-5-18(6-4-17)31-22-10-20(27-15-29-22)19-9-21(28-14-26-19)25-13-23(12-24)7-8-23/h9-10,16-18,26-27,30H,3-8,11,13-15H2,1-2H3,(H,25,28)(H,29,31)/t16-,17?,18?/m1/s1. The lowest BCUT2D eigenvalue weighted by atomic mass is 9.91. The topological polar surface area (TPSA) is 118 Å². The molecular formula is C23H36N8O. The third kappa shape index (κ3) is 6.02. The molecule has 0 spiro atoms. The van der Waals surface area contributed by atoms with E-state index < -0.39 is 0 Å². The largest absolute Gasteiger partial charge is 0.383 e. The zero-order valence-corrected chi connectivity index (χ0v) is 19.2. The average molecular weight is 441 g/mol. The Morgan fingerprint density at radius 1 is 1.22 bits per heavy atom. The fraction of sp³-hybridized carbons (Fsp3) is 0.696. The van der Waals surface area contributed by atoms with Crippen molar-refractivity contribution >= 4 is 11.7 Å². The molecule has 0 aromatic heterocycles. The molecule has 1 atom stereocenters. The Balaban J connectivity index is 1.32. The van der Waals surface area contributed by atoms with Crippen molar-refractivity contribution in [1.29, 1.82) is 5.26 Å². The Labute approximate surface area is 190 Å². The second-order valence-electron chi connectivity index (χ2n) is 9.31. The van der Waals surface area contributed by atoms with E-state index >= 15 is 0 Å². The van der Waals surface area contributed by atoms with Gasteiger partial charge in [0, 0.05) is 37.9 Å². The SMILES string of the molecule is COC[C@@H](C)NC1CCC(N=C2C=C(C3=CC(NCC4(C#N)CC4)=NCN3)NCN2)CC1. The number of amidine groups is 2. The zero-order valence-electron chi connectivity index (χ0n) is 19.2. The van der Waals surface area contributed by atoms with E-state index in [1.54, 1.807) is 7.11 Å². The Bertz CT molecular complexity index is 827. The van der Waals surface area contributed by atoms with E-state index in [0.29, 0.717) is 38.0 Å². The van der Waals surface area contributed by atoms with Gasteiger partial charge in [0.15, 0.2) is 0 Å². The summed E-state index contributed by atoms with van der Waals surface area (Å²) in [4.78, 5) is 9.48. The number of ether oxygens (including phenoxy) is 1. The molecule has 4 aliphatic rings. The van der Waals surface area contributed by atoms with Gasteiger partial charge >= 0.3 is 0 Å². The van der Waals surface area contributed by atoms with Crippen LogP contribution in [-0.2, 0) is 4.74 Å². The summed E-state index contributed by atoms with van der Waals surface area (Å²) in [5.41, 5.74) is 1.82. The highest BCUT2D eigenvalue weighted by molar-refractivity contribution is 5.97. The van der Waals surface area contributed by atoms with Gasteiger partial charge in [-0.3, -0.25) is 4.99 Å². The first-order chi connectivity index (χ1) is 15.6. The van der Waals surface area contributed by atoms with E-state index in [1.165, 1.54) is 0 Å². The van der Waals surface area contributed by atoms with Crippen LogP contribution in [0.3, 0.4) is 0 Å². The normalized spacial score (nSPS) is 28.7. The molecular weight excluding hydrogens is 404 g/mol. The summed E-state index contributed by atoms with van der Waals surface area (Å²) in [6.07, 6.45) is 10.5. The summed E-state index contributed by atoms with van der Waals surface area (Å²) in [6, 6.07) is 3.72. The number of nitrogens with zero attached hydrogens (tertiary/aromatic N) is 3.